The SMILES string of the molecule is Cn1c(CCc2ccc(C(=N)N)cc2)nc2cc(C(=O)N3CCC(NC(=O)c4ccccc4Cl)CC3)ccc21. The lowest BCUT2D eigenvalue weighted by atomic mass is 10.0. The number of fused-ring (bicyclic) bond motifs is 1. The van der Waals surface area contributed by atoms with Crippen LogP contribution in [0, 0.1) is 5.41 Å². The third kappa shape index (κ3) is 5.81. The van der Waals surface area contributed by atoms with Gasteiger partial charge < -0.3 is 20.5 Å². The summed E-state index contributed by atoms with van der Waals surface area (Å²) >= 11 is 6.15. The lowest BCUT2D eigenvalue weighted by Crippen LogP contribution is -2.46. The summed E-state index contributed by atoms with van der Waals surface area (Å²) in [5.74, 6) is 0.799. The van der Waals surface area contributed by atoms with E-state index in [1.165, 1.54) is 0 Å². The van der Waals surface area contributed by atoms with Gasteiger partial charge in [0, 0.05) is 43.7 Å². The van der Waals surface area contributed by atoms with Crippen molar-refractivity contribution in [1.82, 2.24) is 19.8 Å². The highest BCUT2D eigenvalue weighted by molar-refractivity contribution is 6.33. The molecule has 4 aromatic rings. The van der Waals surface area contributed by atoms with Crippen molar-refractivity contribution in [1.29, 1.82) is 5.41 Å². The van der Waals surface area contributed by atoms with Crippen LogP contribution in [-0.4, -0.2) is 51.2 Å². The normalized spacial score (nSPS) is 13.9. The average Bonchev–Trinajstić information content (AvgIpc) is 3.26. The number of nitrogens with zero attached hydrogens (tertiary/aromatic N) is 3. The van der Waals surface area contributed by atoms with Crippen LogP contribution in [0.1, 0.15) is 50.5 Å². The minimum absolute atomic E-state index is 0.00249. The molecule has 4 N–H and O–H groups in total. The Morgan fingerprint density at radius 2 is 1.72 bits per heavy atom. The summed E-state index contributed by atoms with van der Waals surface area (Å²) in [5, 5.41) is 11.0. The van der Waals surface area contributed by atoms with Crippen molar-refractivity contribution in [3.05, 3.63) is 99.8 Å². The first-order chi connectivity index (χ1) is 18.8. The van der Waals surface area contributed by atoms with E-state index in [1.807, 2.05) is 54.4 Å². The molecule has 200 valence electrons. The Kier molecular flexibility index (Phi) is 7.65. The van der Waals surface area contributed by atoms with E-state index in [0.717, 1.165) is 35.3 Å². The number of imidazole rings is 1. The van der Waals surface area contributed by atoms with Gasteiger partial charge in [0.15, 0.2) is 0 Å². The van der Waals surface area contributed by atoms with Crippen molar-refractivity contribution in [2.75, 3.05) is 13.1 Å². The van der Waals surface area contributed by atoms with Gasteiger partial charge >= 0.3 is 0 Å². The number of amides is 2. The number of halogens is 1. The molecule has 5 rings (SSSR count). The molecule has 9 heteroatoms. The number of likely N-dealkylation sites (tertiary alicyclic amines) is 1. The lowest BCUT2D eigenvalue weighted by Gasteiger charge is -2.32. The number of aryl methyl sites for hydroxylation is 3. The Morgan fingerprint density at radius 1 is 1.03 bits per heavy atom. The first kappa shape index (κ1) is 26.4. The topological polar surface area (TPSA) is 117 Å². The van der Waals surface area contributed by atoms with E-state index in [9.17, 15) is 9.59 Å². The van der Waals surface area contributed by atoms with Crippen molar-refractivity contribution in [3.8, 4) is 0 Å². The molecule has 0 atom stereocenters. The second-order valence-electron chi connectivity index (χ2n) is 9.92. The van der Waals surface area contributed by atoms with E-state index < -0.39 is 0 Å². The Morgan fingerprint density at radius 3 is 2.41 bits per heavy atom. The van der Waals surface area contributed by atoms with Crippen LogP contribution in [0.25, 0.3) is 11.0 Å². The summed E-state index contributed by atoms with van der Waals surface area (Å²) in [6, 6.07) is 20.4. The molecule has 0 aliphatic carbocycles. The Labute approximate surface area is 232 Å². The number of aromatic nitrogens is 2. The van der Waals surface area contributed by atoms with Crippen molar-refractivity contribution in [3.63, 3.8) is 0 Å². The molecule has 3 aromatic carbocycles. The summed E-state index contributed by atoms with van der Waals surface area (Å²) in [6.45, 7) is 1.14. The van der Waals surface area contributed by atoms with E-state index in [1.54, 1.807) is 24.3 Å². The number of rotatable bonds is 7. The third-order valence-electron chi connectivity index (χ3n) is 7.36. The van der Waals surface area contributed by atoms with Crippen LogP contribution in [-0.2, 0) is 19.9 Å². The number of hydrogen-bond acceptors (Lipinski definition) is 4. The van der Waals surface area contributed by atoms with Gasteiger partial charge in [-0.2, -0.15) is 0 Å². The molecule has 1 aromatic heterocycles. The minimum atomic E-state index is -0.185. The zero-order valence-corrected chi connectivity index (χ0v) is 22.5. The highest BCUT2D eigenvalue weighted by Gasteiger charge is 2.26. The van der Waals surface area contributed by atoms with E-state index in [-0.39, 0.29) is 23.7 Å². The highest BCUT2D eigenvalue weighted by Crippen LogP contribution is 2.22. The fraction of sp³-hybridized carbons (Fsp3) is 0.267. The molecule has 1 aliphatic heterocycles. The molecule has 2 heterocycles. The molecule has 8 nitrogen and oxygen atoms in total. The first-order valence-electron chi connectivity index (χ1n) is 13.0. The van der Waals surface area contributed by atoms with Crippen molar-refractivity contribution in [2.45, 2.75) is 31.7 Å². The second-order valence-corrected chi connectivity index (χ2v) is 10.3. The zero-order chi connectivity index (χ0) is 27.5. The standard InChI is InChI=1S/C30H31ClN6O2/c1-36-26-12-11-21(18-25(26)35-27(36)13-8-19-6-9-20(10-7-19)28(32)33)30(39)37-16-14-22(15-17-37)34-29(38)23-4-2-3-5-24(23)31/h2-7,9-12,18,22H,8,13-17H2,1H3,(H3,32,33)(H,34,38). The number of nitrogens with two attached hydrogens (primary N) is 1. The number of amidine groups is 1. The number of benzene rings is 3. The molecule has 0 radical (unpaired) electrons. The van der Waals surface area contributed by atoms with E-state index in [0.29, 0.717) is 47.6 Å². The van der Waals surface area contributed by atoms with Gasteiger partial charge in [0.25, 0.3) is 11.8 Å². The Hall–Kier alpha value is -4.17. The maximum Gasteiger partial charge on any atom is 0.253 e. The molecule has 0 spiro atoms. The predicted octanol–water partition coefficient (Wildman–Crippen LogP) is 4.33. The number of piperidine rings is 1. The molecule has 0 bridgehead atoms. The monoisotopic (exact) mass is 542 g/mol. The largest absolute Gasteiger partial charge is 0.384 e. The minimum Gasteiger partial charge on any atom is -0.384 e. The van der Waals surface area contributed by atoms with Crippen LogP contribution in [0.15, 0.2) is 66.7 Å². The van der Waals surface area contributed by atoms with Gasteiger partial charge in [-0.1, -0.05) is 48.0 Å². The molecular formula is C30H31ClN6O2. The molecule has 1 saturated heterocycles. The molecule has 1 fully saturated rings. The smallest absolute Gasteiger partial charge is 0.253 e. The molecule has 0 unspecified atom stereocenters. The summed E-state index contributed by atoms with van der Waals surface area (Å²) in [5.41, 5.74) is 10.3. The number of nitrogens with one attached hydrogen (secondary N) is 2. The van der Waals surface area contributed by atoms with Gasteiger partial charge in [0.2, 0.25) is 0 Å². The number of carbonyl (C=O) groups is 2. The van der Waals surface area contributed by atoms with E-state index in [4.69, 9.17) is 27.7 Å². The maximum absolute atomic E-state index is 13.3. The summed E-state index contributed by atoms with van der Waals surface area (Å²) in [6.07, 6.45) is 2.93. The highest BCUT2D eigenvalue weighted by atomic mass is 35.5. The van der Waals surface area contributed by atoms with Gasteiger partial charge in [0.05, 0.1) is 21.6 Å². The van der Waals surface area contributed by atoms with Crippen LogP contribution in [0.2, 0.25) is 5.02 Å². The van der Waals surface area contributed by atoms with Crippen LogP contribution in [0.4, 0.5) is 0 Å². The number of hydrogen-bond donors (Lipinski definition) is 3. The summed E-state index contributed by atoms with van der Waals surface area (Å²) in [4.78, 5) is 32.5. The van der Waals surface area contributed by atoms with Crippen molar-refractivity contribution in [2.24, 2.45) is 12.8 Å². The van der Waals surface area contributed by atoms with Crippen LogP contribution < -0.4 is 11.1 Å². The summed E-state index contributed by atoms with van der Waals surface area (Å²) < 4.78 is 2.07. The van der Waals surface area contributed by atoms with Crippen LogP contribution in [0.5, 0.6) is 0 Å². The van der Waals surface area contributed by atoms with Gasteiger partial charge in [-0.15, -0.1) is 0 Å². The maximum atomic E-state index is 13.3. The van der Waals surface area contributed by atoms with Crippen molar-refractivity contribution >= 4 is 40.3 Å². The molecule has 1 aliphatic rings. The molecular weight excluding hydrogens is 512 g/mol. The lowest BCUT2D eigenvalue weighted by molar-refractivity contribution is 0.0698. The van der Waals surface area contributed by atoms with Gasteiger partial charge in [-0.25, -0.2) is 4.98 Å². The van der Waals surface area contributed by atoms with E-state index >= 15 is 0 Å². The Balaban J connectivity index is 1.20. The van der Waals surface area contributed by atoms with Crippen LogP contribution in [0.3, 0.4) is 0 Å². The zero-order valence-electron chi connectivity index (χ0n) is 21.8. The fourth-order valence-electron chi connectivity index (χ4n) is 5.03. The predicted molar refractivity (Wildman–Crippen MR) is 153 cm³/mol. The first-order valence-corrected chi connectivity index (χ1v) is 13.4. The van der Waals surface area contributed by atoms with Crippen molar-refractivity contribution < 1.29 is 9.59 Å². The summed E-state index contributed by atoms with van der Waals surface area (Å²) in [7, 11) is 1.99. The Bertz CT molecular complexity index is 1540. The molecule has 2 amide bonds. The number of nitrogen functional groups attached to an aromatic ring is 1. The van der Waals surface area contributed by atoms with Gasteiger partial charge in [-0.3, -0.25) is 15.0 Å². The van der Waals surface area contributed by atoms with Gasteiger partial charge in [-0.05, 0) is 55.2 Å². The van der Waals surface area contributed by atoms with Gasteiger partial charge in [0.1, 0.15) is 11.7 Å². The van der Waals surface area contributed by atoms with Crippen LogP contribution >= 0.6 is 11.6 Å². The average molecular weight is 543 g/mol. The quantitative estimate of drug-likeness (QED) is 0.238. The number of carbonyl (C=O) groups excluding carboxylic acids is 2. The fourth-order valence-corrected chi connectivity index (χ4v) is 5.25. The molecule has 39 heavy (non-hydrogen) atoms. The third-order valence-corrected chi connectivity index (χ3v) is 7.69. The van der Waals surface area contributed by atoms with E-state index in [2.05, 4.69) is 9.88 Å². The molecule has 0 saturated carbocycles. The second kappa shape index (κ2) is 11.3.